The molecule has 2 N–H and O–H groups in total. The summed E-state index contributed by atoms with van der Waals surface area (Å²) in [5.41, 5.74) is 5.01. The van der Waals surface area contributed by atoms with Crippen molar-refractivity contribution in [2.75, 3.05) is 6.61 Å². The molecular formula is C11H14N4O3. The monoisotopic (exact) mass is 250 g/mol. The minimum absolute atomic E-state index is 0.102. The highest BCUT2D eigenvalue weighted by molar-refractivity contribution is 6.36. The first kappa shape index (κ1) is 12.3. The SMILES string of the molecule is CC1N=C2C=NC(OCCCC(N)=O)=CN2C1=O. The van der Waals surface area contributed by atoms with Gasteiger partial charge in [-0.05, 0) is 13.3 Å². The van der Waals surface area contributed by atoms with E-state index in [9.17, 15) is 9.59 Å². The van der Waals surface area contributed by atoms with Crippen LogP contribution in [-0.2, 0) is 14.3 Å². The number of amides is 2. The first-order chi connectivity index (χ1) is 8.58. The summed E-state index contributed by atoms with van der Waals surface area (Å²) < 4.78 is 5.33. The number of aliphatic imine (C=N–C) groups is 2. The molecule has 0 saturated carbocycles. The molecule has 0 aromatic heterocycles. The van der Waals surface area contributed by atoms with E-state index in [2.05, 4.69) is 9.98 Å². The summed E-state index contributed by atoms with van der Waals surface area (Å²) in [6, 6.07) is -0.378. The molecule has 1 atom stereocenters. The first-order valence-corrected chi connectivity index (χ1v) is 5.66. The highest BCUT2D eigenvalue weighted by atomic mass is 16.5. The van der Waals surface area contributed by atoms with Gasteiger partial charge >= 0.3 is 0 Å². The Bertz CT molecular complexity index is 467. The van der Waals surface area contributed by atoms with Gasteiger partial charge in [0.05, 0.1) is 19.0 Å². The molecule has 2 amide bonds. The summed E-state index contributed by atoms with van der Waals surface area (Å²) in [5, 5.41) is 0. The summed E-state index contributed by atoms with van der Waals surface area (Å²) in [6.45, 7) is 2.05. The minimum atomic E-state index is -0.378. The van der Waals surface area contributed by atoms with E-state index in [0.717, 1.165) is 0 Å². The van der Waals surface area contributed by atoms with Gasteiger partial charge < -0.3 is 10.5 Å². The van der Waals surface area contributed by atoms with Crippen LogP contribution in [0.4, 0.5) is 0 Å². The fourth-order valence-corrected chi connectivity index (χ4v) is 1.62. The number of rotatable bonds is 5. The van der Waals surface area contributed by atoms with Gasteiger partial charge in [-0.3, -0.25) is 19.5 Å². The highest BCUT2D eigenvalue weighted by Crippen LogP contribution is 2.17. The van der Waals surface area contributed by atoms with Crippen LogP contribution in [0.15, 0.2) is 22.1 Å². The van der Waals surface area contributed by atoms with Crippen molar-refractivity contribution in [3.8, 4) is 0 Å². The van der Waals surface area contributed by atoms with Gasteiger partial charge in [-0.1, -0.05) is 0 Å². The van der Waals surface area contributed by atoms with E-state index in [-0.39, 0.29) is 24.3 Å². The smallest absolute Gasteiger partial charge is 0.257 e. The molecule has 0 radical (unpaired) electrons. The number of amidine groups is 1. The van der Waals surface area contributed by atoms with E-state index in [1.54, 1.807) is 6.92 Å². The average molecular weight is 250 g/mol. The lowest BCUT2D eigenvalue weighted by Crippen LogP contribution is -2.32. The average Bonchev–Trinajstić information content (AvgIpc) is 2.61. The number of primary amides is 1. The molecule has 0 aromatic carbocycles. The van der Waals surface area contributed by atoms with Crippen molar-refractivity contribution >= 4 is 23.9 Å². The molecule has 0 fully saturated rings. The number of nitrogens with zero attached hydrogens (tertiary/aromatic N) is 3. The summed E-state index contributed by atoms with van der Waals surface area (Å²) in [7, 11) is 0. The van der Waals surface area contributed by atoms with E-state index in [1.165, 1.54) is 17.3 Å². The van der Waals surface area contributed by atoms with Crippen LogP contribution in [0.3, 0.4) is 0 Å². The van der Waals surface area contributed by atoms with Gasteiger partial charge in [-0.2, -0.15) is 0 Å². The molecule has 2 aliphatic heterocycles. The number of carbonyl (C=O) groups excluding carboxylic acids is 2. The summed E-state index contributed by atoms with van der Waals surface area (Å²) in [4.78, 5) is 31.8. The highest BCUT2D eigenvalue weighted by Gasteiger charge is 2.31. The zero-order chi connectivity index (χ0) is 13.1. The maximum atomic E-state index is 11.7. The molecule has 7 nitrogen and oxygen atoms in total. The fraction of sp³-hybridized carbons (Fsp3) is 0.455. The molecule has 0 saturated heterocycles. The van der Waals surface area contributed by atoms with Crippen LogP contribution in [-0.4, -0.2) is 41.4 Å². The maximum absolute atomic E-state index is 11.7. The normalized spacial score (nSPS) is 21.5. The number of fused-ring (bicyclic) bond motifs is 1. The third kappa shape index (κ3) is 2.55. The zero-order valence-electron chi connectivity index (χ0n) is 10.00. The van der Waals surface area contributed by atoms with E-state index in [4.69, 9.17) is 10.5 Å². The summed E-state index contributed by atoms with van der Waals surface area (Å²) in [6.07, 6.45) is 3.79. The van der Waals surface area contributed by atoms with Gasteiger partial charge in [0.1, 0.15) is 6.04 Å². The van der Waals surface area contributed by atoms with Gasteiger partial charge in [0, 0.05) is 6.42 Å². The second-order valence-corrected chi connectivity index (χ2v) is 4.02. The van der Waals surface area contributed by atoms with E-state index >= 15 is 0 Å². The molecule has 18 heavy (non-hydrogen) atoms. The predicted molar refractivity (Wildman–Crippen MR) is 64.7 cm³/mol. The van der Waals surface area contributed by atoms with Gasteiger partial charge in [-0.25, -0.2) is 4.99 Å². The van der Waals surface area contributed by atoms with Crippen molar-refractivity contribution < 1.29 is 14.3 Å². The number of hydrogen-bond acceptors (Lipinski definition) is 5. The number of carbonyl (C=O) groups is 2. The Morgan fingerprint density at radius 2 is 2.39 bits per heavy atom. The van der Waals surface area contributed by atoms with Crippen LogP contribution in [0.1, 0.15) is 19.8 Å². The topological polar surface area (TPSA) is 97.3 Å². The van der Waals surface area contributed by atoms with Crippen molar-refractivity contribution in [2.24, 2.45) is 15.7 Å². The van der Waals surface area contributed by atoms with E-state index in [0.29, 0.717) is 24.7 Å². The summed E-state index contributed by atoms with van der Waals surface area (Å²) in [5.74, 6) is 0.393. The second-order valence-electron chi connectivity index (χ2n) is 4.02. The molecule has 1 unspecified atom stereocenters. The van der Waals surface area contributed by atoms with Crippen LogP contribution in [0.2, 0.25) is 0 Å². The predicted octanol–water partition coefficient (Wildman–Crippen LogP) is -0.219. The van der Waals surface area contributed by atoms with Crippen molar-refractivity contribution in [1.82, 2.24) is 4.90 Å². The Hall–Kier alpha value is -2.18. The van der Waals surface area contributed by atoms with Crippen LogP contribution in [0.25, 0.3) is 0 Å². The van der Waals surface area contributed by atoms with Gasteiger partial charge in [0.15, 0.2) is 5.84 Å². The molecule has 2 heterocycles. The molecule has 2 aliphatic rings. The van der Waals surface area contributed by atoms with E-state index < -0.39 is 0 Å². The van der Waals surface area contributed by atoms with Crippen LogP contribution in [0.5, 0.6) is 0 Å². The molecule has 0 aromatic rings. The van der Waals surface area contributed by atoms with Crippen LogP contribution >= 0.6 is 0 Å². The first-order valence-electron chi connectivity index (χ1n) is 5.66. The maximum Gasteiger partial charge on any atom is 0.257 e. The third-order valence-corrected chi connectivity index (χ3v) is 2.53. The van der Waals surface area contributed by atoms with Crippen LogP contribution < -0.4 is 5.73 Å². The standard InChI is InChI=1S/C11H14N4O3/c1-7-11(17)15-6-10(13-5-9(15)14-7)18-4-2-3-8(12)16/h5-7H,2-4H2,1H3,(H2,12,16). The van der Waals surface area contributed by atoms with Gasteiger partial charge in [0.2, 0.25) is 11.8 Å². The van der Waals surface area contributed by atoms with Crippen molar-refractivity contribution in [2.45, 2.75) is 25.8 Å². The van der Waals surface area contributed by atoms with Gasteiger partial charge in [0.25, 0.3) is 5.91 Å². The molecule has 0 spiro atoms. The van der Waals surface area contributed by atoms with Crippen molar-refractivity contribution in [3.05, 3.63) is 12.1 Å². The Kier molecular flexibility index (Phi) is 3.40. The van der Waals surface area contributed by atoms with E-state index in [1.807, 2.05) is 0 Å². The van der Waals surface area contributed by atoms with Gasteiger partial charge in [-0.15, -0.1) is 0 Å². The Morgan fingerprint density at radius 1 is 1.61 bits per heavy atom. The number of nitrogens with two attached hydrogens (primary N) is 1. The lowest BCUT2D eigenvalue weighted by atomic mass is 10.3. The van der Waals surface area contributed by atoms with Crippen molar-refractivity contribution in [1.29, 1.82) is 0 Å². The van der Waals surface area contributed by atoms with Crippen molar-refractivity contribution in [3.63, 3.8) is 0 Å². The summed E-state index contributed by atoms with van der Waals surface area (Å²) >= 11 is 0. The molecule has 0 bridgehead atoms. The Balaban J connectivity index is 1.89. The third-order valence-electron chi connectivity index (χ3n) is 2.53. The minimum Gasteiger partial charge on any atom is -0.477 e. The quantitative estimate of drug-likeness (QED) is 0.683. The molecule has 7 heteroatoms. The lowest BCUT2D eigenvalue weighted by molar-refractivity contribution is -0.125. The molecule has 0 aliphatic carbocycles. The second kappa shape index (κ2) is 4.99. The molecule has 2 rings (SSSR count). The zero-order valence-corrected chi connectivity index (χ0v) is 10.00. The Labute approximate surface area is 104 Å². The van der Waals surface area contributed by atoms with Crippen LogP contribution in [0, 0.1) is 0 Å². The Morgan fingerprint density at radius 3 is 3.11 bits per heavy atom. The molecule has 96 valence electrons. The number of hydrogen-bond donors (Lipinski definition) is 1. The lowest BCUT2D eigenvalue weighted by Gasteiger charge is -2.16. The largest absolute Gasteiger partial charge is 0.477 e. The molecular weight excluding hydrogens is 236 g/mol. The fourth-order valence-electron chi connectivity index (χ4n) is 1.62. The number of ether oxygens (including phenoxy) is 1.